The van der Waals surface area contributed by atoms with E-state index in [1.807, 2.05) is 88.5 Å². The summed E-state index contributed by atoms with van der Waals surface area (Å²) in [4.78, 5) is 27.8. The number of imide groups is 1. The molecule has 0 atom stereocenters. The maximum Gasteiger partial charge on any atom is 0.271 e. The molecule has 0 fully saturated rings. The van der Waals surface area contributed by atoms with Crippen molar-refractivity contribution in [3.05, 3.63) is 82.6 Å². The molecule has 1 aromatic heterocycles. The number of amides is 2. The molecule has 0 unspecified atom stereocenters. The molecule has 8 nitrogen and oxygen atoms in total. The summed E-state index contributed by atoms with van der Waals surface area (Å²) in [6.07, 6.45) is 4.11. The summed E-state index contributed by atoms with van der Waals surface area (Å²) < 4.78 is 13.0. The number of carbonyl (C=O) groups excluding carboxylic acids is 2. The molecule has 206 valence electrons. The number of nitriles is 1. The highest BCUT2D eigenvalue weighted by Crippen LogP contribution is 2.33. The lowest BCUT2D eigenvalue weighted by Crippen LogP contribution is -2.43. The van der Waals surface area contributed by atoms with E-state index in [9.17, 15) is 14.9 Å². The fraction of sp³-hybridized carbons (Fsp3) is 0.312. The Morgan fingerprint density at radius 2 is 1.82 bits per heavy atom. The minimum Gasteiger partial charge on any atom is -0.494 e. The van der Waals surface area contributed by atoms with Crippen LogP contribution in [0.15, 0.2) is 71.4 Å². The van der Waals surface area contributed by atoms with E-state index in [4.69, 9.17) is 14.6 Å². The number of carbonyl (C=O) groups is 2. The van der Waals surface area contributed by atoms with Gasteiger partial charge in [0.25, 0.3) is 11.8 Å². The zero-order chi connectivity index (χ0) is 28.8. The van der Waals surface area contributed by atoms with Crippen LogP contribution in [0.25, 0.3) is 23.0 Å². The highest BCUT2D eigenvalue weighted by Gasteiger charge is 2.35. The van der Waals surface area contributed by atoms with E-state index >= 15 is 0 Å². The largest absolute Gasteiger partial charge is 0.494 e. The van der Waals surface area contributed by atoms with Gasteiger partial charge in [-0.2, -0.15) is 10.4 Å². The van der Waals surface area contributed by atoms with Gasteiger partial charge >= 0.3 is 0 Å². The molecule has 2 heterocycles. The molecule has 4 rings (SSSR count). The first-order chi connectivity index (χ1) is 19.2. The van der Waals surface area contributed by atoms with Gasteiger partial charge in [-0.1, -0.05) is 18.2 Å². The van der Waals surface area contributed by atoms with Crippen LogP contribution < -0.4 is 4.74 Å². The van der Waals surface area contributed by atoms with E-state index in [0.717, 1.165) is 27.5 Å². The lowest BCUT2D eigenvalue weighted by atomic mass is 9.92. The standard InChI is InChI=1S/C32H34N4O4/c1-6-39-26-13-14-27(22(4)17-26)30-24(20-36(34-30)25-11-8-7-9-12-25)18-28-23(5)29(19-33)32(38)35(31(28)37)15-10-16-40-21(2)3/h7-9,11-14,17-18,20-21H,6,10,15-16H2,1-5H3/b28-18+. The fourth-order valence-corrected chi connectivity index (χ4v) is 4.60. The summed E-state index contributed by atoms with van der Waals surface area (Å²) in [6, 6.07) is 17.5. The molecule has 0 radical (unpaired) electrons. The molecular formula is C32H34N4O4. The van der Waals surface area contributed by atoms with Gasteiger partial charge in [0.1, 0.15) is 23.1 Å². The number of ether oxygens (including phenoxy) is 2. The highest BCUT2D eigenvalue weighted by atomic mass is 16.5. The molecule has 1 aliphatic rings. The second-order valence-electron chi connectivity index (χ2n) is 9.83. The molecule has 2 amide bonds. The summed E-state index contributed by atoms with van der Waals surface area (Å²) in [5.41, 5.74) is 4.68. The predicted molar refractivity (Wildman–Crippen MR) is 154 cm³/mol. The number of benzene rings is 2. The molecule has 40 heavy (non-hydrogen) atoms. The van der Waals surface area contributed by atoms with Crippen LogP contribution in [0.4, 0.5) is 0 Å². The Morgan fingerprint density at radius 1 is 1.07 bits per heavy atom. The first-order valence-electron chi connectivity index (χ1n) is 13.4. The third-order valence-corrected chi connectivity index (χ3v) is 6.63. The van der Waals surface area contributed by atoms with Gasteiger partial charge in [-0.05, 0) is 88.6 Å². The minimum atomic E-state index is -0.575. The van der Waals surface area contributed by atoms with Gasteiger partial charge < -0.3 is 9.47 Å². The van der Waals surface area contributed by atoms with Crippen LogP contribution >= 0.6 is 0 Å². The molecule has 3 aromatic rings. The van der Waals surface area contributed by atoms with Crippen LogP contribution in [0, 0.1) is 18.3 Å². The van der Waals surface area contributed by atoms with Crippen molar-refractivity contribution >= 4 is 17.9 Å². The van der Waals surface area contributed by atoms with Crippen molar-refractivity contribution in [2.75, 3.05) is 19.8 Å². The number of hydrogen-bond donors (Lipinski definition) is 0. The molecule has 0 spiro atoms. The number of hydrogen-bond acceptors (Lipinski definition) is 6. The van der Waals surface area contributed by atoms with Crippen molar-refractivity contribution in [3.8, 4) is 28.8 Å². The number of rotatable bonds is 10. The van der Waals surface area contributed by atoms with Crippen LogP contribution in [0.1, 0.15) is 45.2 Å². The first kappa shape index (κ1) is 28.5. The number of aryl methyl sites for hydroxylation is 1. The van der Waals surface area contributed by atoms with Gasteiger partial charge in [0.05, 0.1) is 18.4 Å². The maximum absolute atomic E-state index is 13.7. The molecular weight excluding hydrogens is 504 g/mol. The zero-order valence-corrected chi connectivity index (χ0v) is 23.6. The number of para-hydroxylation sites is 1. The van der Waals surface area contributed by atoms with Gasteiger partial charge in [0.15, 0.2) is 0 Å². The Morgan fingerprint density at radius 3 is 2.48 bits per heavy atom. The summed E-state index contributed by atoms with van der Waals surface area (Å²) in [7, 11) is 0. The molecule has 1 aliphatic heterocycles. The van der Waals surface area contributed by atoms with Gasteiger partial charge in [-0.25, -0.2) is 4.68 Å². The molecule has 0 aliphatic carbocycles. The van der Waals surface area contributed by atoms with E-state index < -0.39 is 11.8 Å². The first-order valence-corrected chi connectivity index (χ1v) is 13.4. The predicted octanol–water partition coefficient (Wildman–Crippen LogP) is 5.65. The van der Waals surface area contributed by atoms with Gasteiger partial charge in [0, 0.05) is 36.0 Å². The number of nitrogens with zero attached hydrogens (tertiary/aromatic N) is 4. The smallest absolute Gasteiger partial charge is 0.271 e. The van der Waals surface area contributed by atoms with Gasteiger partial charge in [-0.15, -0.1) is 0 Å². The summed E-state index contributed by atoms with van der Waals surface area (Å²) in [6.45, 7) is 10.6. The zero-order valence-electron chi connectivity index (χ0n) is 23.6. The Kier molecular flexibility index (Phi) is 8.97. The Bertz CT molecular complexity index is 1510. The van der Waals surface area contributed by atoms with Crippen molar-refractivity contribution in [1.82, 2.24) is 14.7 Å². The average Bonchev–Trinajstić information content (AvgIpc) is 3.35. The van der Waals surface area contributed by atoms with Crippen LogP contribution in [0.3, 0.4) is 0 Å². The molecule has 0 bridgehead atoms. The van der Waals surface area contributed by atoms with Crippen molar-refractivity contribution in [2.24, 2.45) is 0 Å². The van der Waals surface area contributed by atoms with E-state index in [1.165, 1.54) is 0 Å². The highest BCUT2D eigenvalue weighted by molar-refractivity contribution is 6.19. The quantitative estimate of drug-likeness (QED) is 0.188. The van der Waals surface area contributed by atoms with Crippen molar-refractivity contribution in [2.45, 2.75) is 47.1 Å². The molecule has 2 aromatic carbocycles. The van der Waals surface area contributed by atoms with Crippen LogP contribution in [-0.2, 0) is 14.3 Å². The summed E-state index contributed by atoms with van der Waals surface area (Å²) >= 11 is 0. The van der Waals surface area contributed by atoms with Crippen molar-refractivity contribution in [1.29, 1.82) is 5.26 Å². The second-order valence-corrected chi connectivity index (χ2v) is 9.83. The molecule has 0 saturated heterocycles. The number of aromatic nitrogens is 2. The van der Waals surface area contributed by atoms with E-state index in [2.05, 4.69) is 0 Å². The summed E-state index contributed by atoms with van der Waals surface area (Å²) in [5.74, 6) is -0.247. The van der Waals surface area contributed by atoms with Crippen LogP contribution in [0.5, 0.6) is 5.75 Å². The lowest BCUT2D eigenvalue weighted by molar-refractivity contribution is -0.140. The molecule has 8 heteroatoms. The third kappa shape index (κ3) is 6.05. The van der Waals surface area contributed by atoms with Crippen LogP contribution in [-0.4, -0.2) is 52.4 Å². The topological polar surface area (TPSA) is 97.4 Å². The second kappa shape index (κ2) is 12.6. The van der Waals surface area contributed by atoms with Crippen molar-refractivity contribution in [3.63, 3.8) is 0 Å². The third-order valence-electron chi connectivity index (χ3n) is 6.63. The van der Waals surface area contributed by atoms with E-state index in [1.54, 1.807) is 17.7 Å². The monoisotopic (exact) mass is 538 g/mol. The lowest BCUT2D eigenvalue weighted by Gasteiger charge is -2.27. The Balaban J connectivity index is 1.82. The SMILES string of the molecule is CCOc1ccc(-c2nn(-c3ccccc3)cc2/C=C2/C(=O)N(CCCOC(C)C)C(=O)C(C#N)=C2C)c(C)c1. The molecule has 0 saturated carbocycles. The van der Waals surface area contributed by atoms with E-state index in [-0.39, 0.29) is 18.2 Å². The normalized spacial score (nSPS) is 14.8. The maximum atomic E-state index is 13.7. The minimum absolute atomic E-state index is 0.0372. The Hall–Kier alpha value is -4.48. The van der Waals surface area contributed by atoms with Crippen molar-refractivity contribution < 1.29 is 19.1 Å². The van der Waals surface area contributed by atoms with Gasteiger partial charge in [0.2, 0.25) is 0 Å². The van der Waals surface area contributed by atoms with Crippen LogP contribution in [0.2, 0.25) is 0 Å². The average molecular weight is 539 g/mol. The fourth-order valence-electron chi connectivity index (χ4n) is 4.60. The van der Waals surface area contributed by atoms with Gasteiger partial charge in [-0.3, -0.25) is 14.5 Å². The Labute approximate surface area is 235 Å². The summed E-state index contributed by atoms with van der Waals surface area (Å²) in [5, 5.41) is 14.7. The molecule has 0 N–H and O–H groups in total. The van der Waals surface area contributed by atoms with E-state index in [0.29, 0.717) is 42.0 Å².